The summed E-state index contributed by atoms with van der Waals surface area (Å²) in [5, 5.41) is 4.03. The lowest BCUT2D eigenvalue weighted by Gasteiger charge is -2.36. The van der Waals surface area contributed by atoms with Crippen LogP contribution in [0.5, 0.6) is 0 Å². The second kappa shape index (κ2) is 11.4. The first-order valence-electron chi connectivity index (χ1n) is 8.12. The average Bonchev–Trinajstić information content (AvgIpc) is 2.59. The molecule has 1 aromatic rings. The maximum atomic E-state index is 12.2. The van der Waals surface area contributed by atoms with Crippen LogP contribution < -0.4 is 5.32 Å². The van der Waals surface area contributed by atoms with Gasteiger partial charge in [0.2, 0.25) is 0 Å². The summed E-state index contributed by atoms with van der Waals surface area (Å²) >= 11 is 2.06. The highest BCUT2D eigenvalue weighted by atomic mass is 127. The van der Waals surface area contributed by atoms with Crippen molar-refractivity contribution in [3.63, 3.8) is 0 Å². The standard InChI is InChI=1S/C17H27N3OS2.HI/c1-14(2)16-13-20(10-11-22-16)17(18-3)19-9-12-23(21)15-7-5-4-6-8-15;/h4-8,14,16H,9-13H2,1-3H3,(H,18,19);1H. The molecule has 0 amide bonds. The van der Waals surface area contributed by atoms with Crippen molar-refractivity contribution in [2.75, 3.05) is 38.2 Å². The Labute approximate surface area is 169 Å². The van der Waals surface area contributed by atoms with Crippen molar-refractivity contribution < 1.29 is 4.21 Å². The summed E-state index contributed by atoms with van der Waals surface area (Å²) in [4.78, 5) is 7.61. The predicted molar refractivity (Wildman–Crippen MR) is 117 cm³/mol. The van der Waals surface area contributed by atoms with E-state index in [-0.39, 0.29) is 24.0 Å². The van der Waals surface area contributed by atoms with E-state index in [9.17, 15) is 4.21 Å². The third kappa shape index (κ3) is 6.55. The van der Waals surface area contributed by atoms with E-state index >= 15 is 0 Å². The highest BCUT2D eigenvalue weighted by Gasteiger charge is 2.24. The van der Waals surface area contributed by atoms with Crippen LogP contribution in [-0.4, -0.2) is 58.5 Å². The second-order valence-corrected chi connectivity index (χ2v) is 8.85. The lowest BCUT2D eigenvalue weighted by atomic mass is 10.1. The predicted octanol–water partition coefficient (Wildman–Crippen LogP) is 3.06. The molecule has 24 heavy (non-hydrogen) atoms. The van der Waals surface area contributed by atoms with E-state index in [4.69, 9.17) is 0 Å². The van der Waals surface area contributed by atoms with Crippen LogP contribution in [-0.2, 0) is 10.8 Å². The molecule has 2 unspecified atom stereocenters. The molecule has 4 nitrogen and oxygen atoms in total. The van der Waals surface area contributed by atoms with Gasteiger partial charge in [-0.15, -0.1) is 24.0 Å². The largest absolute Gasteiger partial charge is 0.355 e. The van der Waals surface area contributed by atoms with Gasteiger partial charge in [0.1, 0.15) is 0 Å². The van der Waals surface area contributed by atoms with E-state index in [0.717, 1.165) is 29.7 Å². The van der Waals surface area contributed by atoms with E-state index in [2.05, 4.69) is 40.8 Å². The quantitative estimate of drug-likeness (QED) is 0.399. The average molecular weight is 481 g/mol. The maximum absolute atomic E-state index is 12.2. The van der Waals surface area contributed by atoms with E-state index in [1.165, 1.54) is 0 Å². The number of halogens is 1. The number of nitrogens with zero attached hydrogens (tertiary/aromatic N) is 2. The third-order valence-electron chi connectivity index (χ3n) is 3.93. The van der Waals surface area contributed by atoms with Crippen LogP contribution in [0.3, 0.4) is 0 Å². The molecule has 136 valence electrons. The van der Waals surface area contributed by atoms with Crippen LogP contribution in [0.2, 0.25) is 0 Å². The number of hydrogen-bond acceptors (Lipinski definition) is 3. The number of aliphatic imine (C=N–C) groups is 1. The van der Waals surface area contributed by atoms with Gasteiger partial charge in [-0.2, -0.15) is 11.8 Å². The van der Waals surface area contributed by atoms with Crippen LogP contribution >= 0.6 is 35.7 Å². The highest BCUT2D eigenvalue weighted by Crippen LogP contribution is 2.24. The molecule has 1 aliphatic rings. The van der Waals surface area contributed by atoms with Crippen LogP contribution in [0.1, 0.15) is 13.8 Å². The second-order valence-electron chi connectivity index (χ2n) is 5.94. The molecular formula is C17H28IN3OS2. The lowest BCUT2D eigenvalue weighted by Crippen LogP contribution is -2.49. The van der Waals surface area contributed by atoms with Gasteiger partial charge >= 0.3 is 0 Å². The minimum Gasteiger partial charge on any atom is -0.355 e. The van der Waals surface area contributed by atoms with Crippen molar-refractivity contribution in [1.29, 1.82) is 0 Å². The summed E-state index contributed by atoms with van der Waals surface area (Å²) < 4.78 is 12.2. The molecule has 0 radical (unpaired) electrons. The Hall–Kier alpha value is -0.280. The van der Waals surface area contributed by atoms with Gasteiger partial charge in [-0.25, -0.2) is 0 Å². The molecule has 1 fully saturated rings. The first-order chi connectivity index (χ1) is 11.1. The summed E-state index contributed by atoms with van der Waals surface area (Å²) in [5.41, 5.74) is 0. The molecule has 1 aromatic carbocycles. The van der Waals surface area contributed by atoms with Gasteiger partial charge in [0.05, 0.1) is 10.8 Å². The molecule has 2 rings (SSSR count). The van der Waals surface area contributed by atoms with Gasteiger partial charge < -0.3 is 10.2 Å². The van der Waals surface area contributed by atoms with E-state index in [1.54, 1.807) is 0 Å². The zero-order valence-electron chi connectivity index (χ0n) is 14.6. The van der Waals surface area contributed by atoms with Crippen molar-refractivity contribution >= 4 is 52.5 Å². The third-order valence-corrected chi connectivity index (χ3v) is 6.84. The topological polar surface area (TPSA) is 44.7 Å². The van der Waals surface area contributed by atoms with Crippen molar-refractivity contribution in [3.8, 4) is 0 Å². The summed E-state index contributed by atoms with van der Waals surface area (Å²) in [6.45, 7) is 7.28. The summed E-state index contributed by atoms with van der Waals surface area (Å²) in [7, 11) is 0.861. The fourth-order valence-electron chi connectivity index (χ4n) is 2.55. The smallest absolute Gasteiger partial charge is 0.193 e. The normalized spacial score (nSPS) is 19.8. The maximum Gasteiger partial charge on any atom is 0.193 e. The van der Waals surface area contributed by atoms with Crippen molar-refractivity contribution in [2.24, 2.45) is 10.9 Å². The first kappa shape index (κ1) is 21.8. The van der Waals surface area contributed by atoms with Crippen molar-refractivity contribution in [3.05, 3.63) is 30.3 Å². The number of benzene rings is 1. The van der Waals surface area contributed by atoms with Gasteiger partial charge in [0.15, 0.2) is 5.96 Å². The molecule has 0 saturated carbocycles. The molecule has 0 aromatic heterocycles. The monoisotopic (exact) mass is 481 g/mol. The van der Waals surface area contributed by atoms with Crippen LogP contribution in [0.25, 0.3) is 0 Å². The molecule has 0 spiro atoms. The Balaban J connectivity index is 0.00000288. The number of guanidine groups is 1. The van der Waals surface area contributed by atoms with Crippen LogP contribution in [0.15, 0.2) is 40.2 Å². The van der Waals surface area contributed by atoms with Crippen LogP contribution in [0.4, 0.5) is 0 Å². The molecule has 1 heterocycles. The fraction of sp³-hybridized carbons (Fsp3) is 0.588. The van der Waals surface area contributed by atoms with Crippen molar-refractivity contribution in [1.82, 2.24) is 10.2 Å². The molecule has 1 saturated heterocycles. The van der Waals surface area contributed by atoms with Gasteiger partial charge in [-0.05, 0) is 18.1 Å². The number of rotatable bonds is 5. The molecule has 1 N–H and O–H groups in total. The van der Waals surface area contributed by atoms with E-state index < -0.39 is 10.8 Å². The Bertz CT molecular complexity index is 540. The highest BCUT2D eigenvalue weighted by molar-refractivity contribution is 14.0. The zero-order chi connectivity index (χ0) is 16.7. The minimum atomic E-state index is -0.961. The Morgan fingerprint density at radius 3 is 2.75 bits per heavy atom. The van der Waals surface area contributed by atoms with Crippen molar-refractivity contribution in [2.45, 2.75) is 24.0 Å². The first-order valence-corrected chi connectivity index (χ1v) is 10.5. The Kier molecular flexibility index (Phi) is 10.3. The van der Waals surface area contributed by atoms with Gasteiger partial charge in [0, 0.05) is 48.3 Å². The summed E-state index contributed by atoms with van der Waals surface area (Å²) in [6.07, 6.45) is 0. The molecule has 2 atom stereocenters. The molecule has 1 aliphatic heterocycles. The molecular weight excluding hydrogens is 453 g/mol. The summed E-state index contributed by atoms with van der Waals surface area (Å²) in [5.74, 6) is 3.34. The van der Waals surface area contributed by atoms with E-state index in [1.807, 2.05) is 37.4 Å². The molecule has 0 aliphatic carbocycles. The molecule has 7 heteroatoms. The zero-order valence-corrected chi connectivity index (χ0v) is 18.6. The van der Waals surface area contributed by atoms with Gasteiger partial charge in [-0.1, -0.05) is 32.0 Å². The van der Waals surface area contributed by atoms with E-state index in [0.29, 0.717) is 23.5 Å². The summed E-state index contributed by atoms with van der Waals surface area (Å²) in [6, 6.07) is 9.63. The molecule has 0 bridgehead atoms. The number of nitrogens with one attached hydrogen (secondary N) is 1. The lowest BCUT2D eigenvalue weighted by molar-refractivity contribution is 0.382. The Morgan fingerprint density at radius 2 is 2.12 bits per heavy atom. The van der Waals surface area contributed by atoms with Gasteiger partial charge in [0.25, 0.3) is 0 Å². The SMILES string of the molecule is CN=C(NCCS(=O)c1ccccc1)N1CCSC(C(C)C)C1.I. The minimum absolute atomic E-state index is 0. The fourth-order valence-corrected chi connectivity index (χ4v) is 4.83. The number of hydrogen-bond donors (Lipinski definition) is 1. The Morgan fingerprint density at radius 1 is 1.42 bits per heavy atom. The van der Waals surface area contributed by atoms with Crippen LogP contribution in [0, 0.1) is 5.92 Å². The number of thioether (sulfide) groups is 1. The van der Waals surface area contributed by atoms with Gasteiger partial charge in [-0.3, -0.25) is 9.20 Å².